The van der Waals surface area contributed by atoms with Gasteiger partial charge in [-0.2, -0.15) is 0 Å². The topological polar surface area (TPSA) is 67.8 Å². The van der Waals surface area contributed by atoms with Gasteiger partial charge in [0.1, 0.15) is 0 Å². The molecule has 0 aromatic carbocycles. The Labute approximate surface area is 88.7 Å². The van der Waals surface area contributed by atoms with Crippen molar-refractivity contribution in [1.29, 1.82) is 0 Å². The van der Waals surface area contributed by atoms with Crippen molar-refractivity contribution in [3.8, 4) is 0 Å². The summed E-state index contributed by atoms with van der Waals surface area (Å²) < 4.78 is 5.11. The van der Waals surface area contributed by atoms with Gasteiger partial charge in [-0.1, -0.05) is 6.42 Å². The first-order valence-electron chi connectivity index (χ1n) is 5.53. The van der Waals surface area contributed by atoms with Crippen LogP contribution in [0, 0.1) is 0 Å². The number of carbonyl (C=O) groups is 1. The van der Waals surface area contributed by atoms with Gasteiger partial charge in [0.2, 0.25) is 5.79 Å². The van der Waals surface area contributed by atoms with Crippen LogP contribution in [0.25, 0.3) is 0 Å². The maximum Gasteiger partial charge on any atom is 0.339 e. The SMILES string of the molecule is O=C(OC1(O)CCCCC1)[C@H]1CCNO1. The van der Waals surface area contributed by atoms with Gasteiger partial charge in [-0.15, -0.1) is 0 Å². The van der Waals surface area contributed by atoms with E-state index in [-0.39, 0.29) is 0 Å². The summed E-state index contributed by atoms with van der Waals surface area (Å²) in [6, 6.07) is 0. The number of hydroxylamine groups is 1. The maximum atomic E-state index is 11.6. The Morgan fingerprint density at radius 2 is 2.13 bits per heavy atom. The summed E-state index contributed by atoms with van der Waals surface area (Å²) in [5, 5.41) is 9.98. The summed E-state index contributed by atoms with van der Waals surface area (Å²) in [4.78, 5) is 16.5. The third kappa shape index (κ3) is 2.68. The van der Waals surface area contributed by atoms with Gasteiger partial charge in [0, 0.05) is 25.8 Å². The van der Waals surface area contributed by atoms with Gasteiger partial charge in [0.05, 0.1) is 0 Å². The van der Waals surface area contributed by atoms with E-state index in [9.17, 15) is 9.90 Å². The summed E-state index contributed by atoms with van der Waals surface area (Å²) in [7, 11) is 0. The summed E-state index contributed by atoms with van der Waals surface area (Å²) in [6.07, 6.45) is 4.05. The number of nitrogens with one attached hydrogen (secondary N) is 1. The molecule has 0 aromatic heterocycles. The molecule has 0 unspecified atom stereocenters. The molecule has 5 nitrogen and oxygen atoms in total. The average molecular weight is 215 g/mol. The van der Waals surface area contributed by atoms with E-state index in [0.29, 0.717) is 25.8 Å². The van der Waals surface area contributed by atoms with E-state index in [1.54, 1.807) is 0 Å². The van der Waals surface area contributed by atoms with Crippen molar-refractivity contribution < 1.29 is 19.5 Å². The molecule has 5 heteroatoms. The van der Waals surface area contributed by atoms with Gasteiger partial charge in [0.15, 0.2) is 6.10 Å². The molecule has 0 radical (unpaired) electrons. The standard InChI is InChI=1S/C10H17NO4/c12-9(8-4-7-11-15-8)14-10(13)5-2-1-3-6-10/h8,11,13H,1-7H2/t8-/m1/s1. The number of aliphatic hydroxyl groups is 1. The average Bonchev–Trinajstić information content (AvgIpc) is 2.70. The minimum absolute atomic E-state index is 0.454. The van der Waals surface area contributed by atoms with Crippen molar-refractivity contribution in [3.05, 3.63) is 0 Å². The minimum Gasteiger partial charge on any atom is -0.431 e. The largest absolute Gasteiger partial charge is 0.431 e. The number of rotatable bonds is 2. The second kappa shape index (κ2) is 4.47. The molecule has 2 rings (SSSR count). The van der Waals surface area contributed by atoms with Crippen LogP contribution in [0.5, 0.6) is 0 Å². The van der Waals surface area contributed by atoms with Crippen LogP contribution in [0.3, 0.4) is 0 Å². The molecule has 1 saturated heterocycles. The number of hydrogen-bond acceptors (Lipinski definition) is 5. The lowest BCUT2D eigenvalue weighted by atomic mass is 9.94. The Hall–Kier alpha value is -0.650. The van der Waals surface area contributed by atoms with Crippen molar-refractivity contribution in [2.24, 2.45) is 0 Å². The molecule has 0 aromatic rings. The molecule has 1 atom stereocenters. The van der Waals surface area contributed by atoms with Crippen LogP contribution in [0.4, 0.5) is 0 Å². The molecule has 2 N–H and O–H groups in total. The Kier molecular flexibility index (Phi) is 3.23. The third-order valence-electron chi connectivity index (χ3n) is 2.92. The van der Waals surface area contributed by atoms with Gasteiger partial charge in [-0.25, -0.2) is 10.3 Å². The van der Waals surface area contributed by atoms with Crippen molar-refractivity contribution in [1.82, 2.24) is 5.48 Å². The molecule has 2 fully saturated rings. The third-order valence-corrected chi connectivity index (χ3v) is 2.92. The normalized spacial score (nSPS) is 30.1. The zero-order valence-corrected chi connectivity index (χ0v) is 8.70. The highest BCUT2D eigenvalue weighted by Crippen LogP contribution is 2.29. The van der Waals surface area contributed by atoms with Gasteiger partial charge in [-0.05, 0) is 12.8 Å². The molecular weight excluding hydrogens is 198 g/mol. The van der Waals surface area contributed by atoms with Crippen LogP contribution in [0.15, 0.2) is 0 Å². The second-order valence-corrected chi connectivity index (χ2v) is 4.22. The molecule has 0 amide bonds. The highest BCUT2D eigenvalue weighted by molar-refractivity contribution is 5.75. The molecule has 86 valence electrons. The van der Waals surface area contributed by atoms with Crippen LogP contribution in [0.2, 0.25) is 0 Å². The van der Waals surface area contributed by atoms with Crippen molar-refractivity contribution in [2.75, 3.05) is 6.54 Å². The van der Waals surface area contributed by atoms with Crippen LogP contribution >= 0.6 is 0 Å². The molecule has 0 spiro atoms. The highest BCUT2D eigenvalue weighted by atomic mass is 16.7. The maximum absolute atomic E-state index is 11.6. The van der Waals surface area contributed by atoms with Crippen LogP contribution < -0.4 is 5.48 Å². The molecule has 1 saturated carbocycles. The molecule has 0 bridgehead atoms. The Morgan fingerprint density at radius 1 is 1.40 bits per heavy atom. The fourth-order valence-corrected chi connectivity index (χ4v) is 2.03. The van der Waals surface area contributed by atoms with E-state index < -0.39 is 17.9 Å². The lowest BCUT2D eigenvalue weighted by Gasteiger charge is -2.31. The molecule has 1 heterocycles. The van der Waals surface area contributed by atoms with E-state index >= 15 is 0 Å². The first-order chi connectivity index (χ1) is 7.20. The first kappa shape index (κ1) is 10.9. The van der Waals surface area contributed by atoms with Crippen LogP contribution in [0.1, 0.15) is 38.5 Å². The fourth-order valence-electron chi connectivity index (χ4n) is 2.03. The molecule has 2 aliphatic rings. The fraction of sp³-hybridized carbons (Fsp3) is 0.900. The first-order valence-corrected chi connectivity index (χ1v) is 5.53. The molecular formula is C10H17NO4. The zero-order valence-electron chi connectivity index (χ0n) is 8.70. The van der Waals surface area contributed by atoms with E-state index in [0.717, 1.165) is 19.3 Å². The molecule has 1 aliphatic heterocycles. The van der Waals surface area contributed by atoms with Crippen molar-refractivity contribution in [3.63, 3.8) is 0 Å². The van der Waals surface area contributed by atoms with E-state index in [1.807, 2.05) is 0 Å². The van der Waals surface area contributed by atoms with E-state index in [2.05, 4.69) is 5.48 Å². The summed E-state index contributed by atoms with van der Waals surface area (Å²) in [5.74, 6) is -1.70. The van der Waals surface area contributed by atoms with E-state index in [1.165, 1.54) is 0 Å². The number of hydrogen-bond donors (Lipinski definition) is 2. The zero-order chi connectivity index (χ0) is 10.7. The second-order valence-electron chi connectivity index (χ2n) is 4.22. The number of esters is 1. The summed E-state index contributed by atoms with van der Waals surface area (Å²) in [5.41, 5.74) is 2.62. The monoisotopic (exact) mass is 215 g/mol. The lowest BCUT2D eigenvalue weighted by molar-refractivity contribution is -0.228. The van der Waals surface area contributed by atoms with Crippen molar-refractivity contribution >= 4 is 5.97 Å². The predicted molar refractivity (Wildman–Crippen MR) is 51.6 cm³/mol. The van der Waals surface area contributed by atoms with Gasteiger partial charge >= 0.3 is 5.97 Å². The number of carbonyl (C=O) groups excluding carboxylic acids is 1. The Bertz CT molecular complexity index is 232. The smallest absolute Gasteiger partial charge is 0.339 e. The van der Waals surface area contributed by atoms with Crippen LogP contribution in [-0.4, -0.2) is 29.5 Å². The van der Waals surface area contributed by atoms with Gasteiger partial charge < -0.3 is 9.84 Å². The molecule has 15 heavy (non-hydrogen) atoms. The van der Waals surface area contributed by atoms with Crippen LogP contribution in [-0.2, 0) is 14.4 Å². The lowest BCUT2D eigenvalue weighted by Crippen LogP contribution is -2.40. The van der Waals surface area contributed by atoms with Gasteiger partial charge in [-0.3, -0.25) is 4.84 Å². The minimum atomic E-state index is -1.25. The summed E-state index contributed by atoms with van der Waals surface area (Å²) >= 11 is 0. The van der Waals surface area contributed by atoms with Crippen molar-refractivity contribution in [2.45, 2.75) is 50.4 Å². The molecule has 1 aliphatic carbocycles. The highest BCUT2D eigenvalue weighted by Gasteiger charge is 2.36. The quantitative estimate of drug-likeness (QED) is 0.518. The number of ether oxygens (including phenoxy) is 1. The Balaban J connectivity index is 1.86. The van der Waals surface area contributed by atoms with E-state index in [4.69, 9.17) is 9.57 Å². The predicted octanol–water partition coefficient (Wildman–Crippen LogP) is 0.476. The summed E-state index contributed by atoms with van der Waals surface area (Å²) in [6.45, 7) is 0.651. The van der Waals surface area contributed by atoms with Gasteiger partial charge in [0.25, 0.3) is 0 Å². The Morgan fingerprint density at radius 3 is 2.73 bits per heavy atom.